The highest BCUT2D eigenvalue weighted by atomic mass is 32.2. The van der Waals surface area contributed by atoms with Crippen molar-refractivity contribution < 1.29 is 13.2 Å². The Kier molecular flexibility index (Phi) is 5.23. The molecule has 0 N–H and O–H groups in total. The SMILES string of the molecule is Cc1cc(C(=O)N(Cc2cccs2)C2CC2)cc(S(=O)(=O)N(C)C)c1C. The molecule has 0 radical (unpaired) electrons. The molecule has 2 aromatic rings. The smallest absolute Gasteiger partial charge is 0.254 e. The molecule has 26 heavy (non-hydrogen) atoms. The molecule has 0 saturated heterocycles. The summed E-state index contributed by atoms with van der Waals surface area (Å²) in [5.74, 6) is -0.0980. The second-order valence-corrected chi connectivity index (χ2v) is 10.1. The van der Waals surface area contributed by atoms with Crippen LogP contribution in [0.3, 0.4) is 0 Å². The van der Waals surface area contributed by atoms with E-state index in [-0.39, 0.29) is 16.8 Å². The summed E-state index contributed by atoms with van der Waals surface area (Å²) >= 11 is 1.63. The van der Waals surface area contributed by atoms with Gasteiger partial charge in [-0.05, 0) is 61.4 Å². The third kappa shape index (κ3) is 3.70. The standard InChI is InChI=1S/C19H24N2O3S2/c1-13-10-15(11-18(14(13)2)26(23,24)20(3)4)19(22)21(16-7-8-16)12-17-6-5-9-25-17/h5-6,9-11,16H,7-8,12H2,1-4H3. The van der Waals surface area contributed by atoms with Crippen LogP contribution in [0, 0.1) is 13.8 Å². The lowest BCUT2D eigenvalue weighted by molar-refractivity contribution is 0.0731. The van der Waals surface area contributed by atoms with E-state index in [2.05, 4.69) is 0 Å². The molecule has 0 atom stereocenters. The number of aryl methyl sites for hydroxylation is 1. The Morgan fingerprint density at radius 2 is 1.92 bits per heavy atom. The van der Waals surface area contributed by atoms with Crippen LogP contribution in [0.2, 0.25) is 0 Å². The van der Waals surface area contributed by atoms with Crippen molar-refractivity contribution in [3.8, 4) is 0 Å². The Balaban J connectivity index is 1.99. The molecule has 1 aliphatic carbocycles. The Hall–Kier alpha value is -1.70. The predicted molar refractivity (Wildman–Crippen MR) is 104 cm³/mol. The summed E-state index contributed by atoms with van der Waals surface area (Å²) < 4.78 is 26.5. The van der Waals surface area contributed by atoms with Crippen LogP contribution in [0.1, 0.15) is 39.2 Å². The molecule has 5 nitrogen and oxygen atoms in total. The number of thiophene rings is 1. The summed E-state index contributed by atoms with van der Waals surface area (Å²) in [5.41, 5.74) is 1.94. The van der Waals surface area contributed by atoms with Gasteiger partial charge in [-0.3, -0.25) is 4.79 Å². The molecule has 3 rings (SSSR count). The maximum atomic E-state index is 13.2. The monoisotopic (exact) mass is 392 g/mol. The molecule has 140 valence electrons. The zero-order valence-corrected chi connectivity index (χ0v) is 17.2. The normalized spacial score (nSPS) is 14.7. The largest absolute Gasteiger partial charge is 0.331 e. The number of amides is 1. The van der Waals surface area contributed by atoms with Crippen molar-refractivity contribution in [2.75, 3.05) is 14.1 Å². The summed E-state index contributed by atoms with van der Waals surface area (Å²) in [5, 5.41) is 2.00. The van der Waals surface area contributed by atoms with Crippen molar-refractivity contribution >= 4 is 27.3 Å². The van der Waals surface area contributed by atoms with Gasteiger partial charge in [-0.15, -0.1) is 11.3 Å². The number of hydrogen-bond donors (Lipinski definition) is 0. The van der Waals surface area contributed by atoms with Crippen LogP contribution >= 0.6 is 11.3 Å². The molecule has 0 spiro atoms. The number of carbonyl (C=O) groups excluding carboxylic acids is 1. The van der Waals surface area contributed by atoms with E-state index in [9.17, 15) is 13.2 Å². The van der Waals surface area contributed by atoms with E-state index in [1.807, 2.05) is 29.3 Å². The molecule has 1 amide bonds. The van der Waals surface area contributed by atoms with Crippen molar-refractivity contribution in [1.29, 1.82) is 0 Å². The van der Waals surface area contributed by atoms with E-state index >= 15 is 0 Å². The molecule has 0 unspecified atom stereocenters. The summed E-state index contributed by atoms with van der Waals surface area (Å²) in [6.45, 7) is 4.20. The summed E-state index contributed by atoms with van der Waals surface area (Å²) in [4.78, 5) is 16.4. The van der Waals surface area contributed by atoms with Gasteiger partial charge in [-0.1, -0.05) is 6.07 Å². The minimum atomic E-state index is -3.60. The highest BCUT2D eigenvalue weighted by Crippen LogP contribution is 2.32. The van der Waals surface area contributed by atoms with Gasteiger partial charge in [0.1, 0.15) is 0 Å². The zero-order valence-electron chi connectivity index (χ0n) is 15.5. The van der Waals surface area contributed by atoms with Gasteiger partial charge in [0.05, 0.1) is 11.4 Å². The van der Waals surface area contributed by atoms with Gasteiger partial charge >= 0.3 is 0 Å². The first-order valence-corrected chi connectivity index (χ1v) is 10.9. The van der Waals surface area contributed by atoms with Gasteiger partial charge < -0.3 is 4.90 Å². The Morgan fingerprint density at radius 1 is 1.23 bits per heavy atom. The van der Waals surface area contributed by atoms with Crippen LogP contribution in [0.15, 0.2) is 34.5 Å². The third-order valence-electron chi connectivity index (χ3n) is 4.78. The number of nitrogens with zero attached hydrogens (tertiary/aromatic N) is 2. The quantitative estimate of drug-likeness (QED) is 0.757. The fourth-order valence-electron chi connectivity index (χ4n) is 2.90. The van der Waals surface area contributed by atoms with Gasteiger partial charge in [0.25, 0.3) is 5.91 Å². The van der Waals surface area contributed by atoms with Crippen molar-refractivity contribution in [1.82, 2.24) is 9.21 Å². The van der Waals surface area contributed by atoms with E-state index in [4.69, 9.17) is 0 Å². The molecule has 0 aliphatic heterocycles. The molecule has 7 heteroatoms. The molecule has 1 fully saturated rings. The van der Waals surface area contributed by atoms with E-state index in [1.54, 1.807) is 24.3 Å². The molecule has 0 bridgehead atoms. The average Bonchev–Trinajstić information content (AvgIpc) is 3.30. The number of benzene rings is 1. The predicted octanol–water partition coefficient (Wildman–Crippen LogP) is 3.42. The number of rotatable bonds is 6. The van der Waals surface area contributed by atoms with Gasteiger partial charge in [0.15, 0.2) is 0 Å². The maximum Gasteiger partial charge on any atom is 0.254 e. The van der Waals surface area contributed by atoms with Crippen molar-refractivity contribution in [2.24, 2.45) is 0 Å². The molecular weight excluding hydrogens is 368 g/mol. The van der Waals surface area contributed by atoms with Gasteiger partial charge in [0.2, 0.25) is 10.0 Å². The van der Waals surface area contributed by atoms with E-state index < -0.39 is 10.0 Å². The molecule has 1 aromatic carbocycles. The number of sulfonamides is 1. The van der Waals surface area contributed by atoms with Gasteiger partial charge in [-0.25, -0.2) is 12.7 Å². The number of hydrogen-bond acceptors (Lipinski definition) is 4. The minimum absolute atomic E-state index is 0.0980. The highest BCUT2D eigenvalue weighted by molar-refractivity contribution is 7.89. The third-order valence-corrected chi connectivity index (χ3v) is 7.58. The first-order chi connectivity index (χ1) is 12.2. The lowest BCUT2D eigenvalue weighted by atomic mass is 10.1. The molecule has 1 saturated carbocycles. The zero-order chi connectivity index (χ0) is 19.1. The summed E-state index contributed by atoms with van der Waals surface area (Å²) in [6, 6.07) is 7.59. The van der Waals surface area contributed by atoms with Crippen LogP contribution in [-0.2, 0) is 16.6 Å². The van der Waals surface area contributed by atoms with E-state index in [0.29, 0.717) is 17.7 Å². The molecule has 1 aromatic heterocycles. The topological polar surface area (TPSA) is 57.7 Å². The second-order valence-electron chi connectivity index (χ2n) is 6.95. The summed E-state index contributed by atoms with van der Waals surface area (Å²) in [7, 11) is -0.590. The van der Waals surface area contributed by atoms with Crippen molar-refractivity contribution in [3.63, 3.8) is 0 Å². The lowest BCUT2D eigenvalue weighted by Crippen LogP contribution is -2.33. The van der Waals surface area contributed by atoms with Crippen LogP contribution in [0.25, 0.3) is 0 Å². The highest BCUT2D eigenvalue weighted by Gasteiger charge is 2.34. The van der Waals surface area contributed by atoms with Crippen molar-refractivity contribution in [3.05, 3.63) is 51.2 Å². The van der Waals surface area contributed by atoms with Crippen LogP contribution in [0.5, 0.6) is 0 Å². The van der Waals surface area contributed by atoms with Crippen LogP contribution < -0.4 is 0 Å². The van der Waals surface area contributed by atoms with Crippen LogP contribution in [-0.4, -0.2) is 43.7 Å². The first kappa shape index (κ1) is 19.1. The van der Waals surface area contributed by atoms with Gasteiger partial charge in [-0.2, -0.15) is 0 Å². The minimum Gasteiger partial charge on any atom is -0.331 e. The molecule has 1 aliphatic rings. The lowest BCUT2D eigenvalue weighted by Gasteiger charge is -2.23. The summed E-state index contributed by atoms with van der Waals surface area (Å²) in [6.07, 6.45) is 2.01. The Morgan fingerprint density at radius 3 is 2.46 bits per heavy atom. The Bertz CT molecular complexity index is 915. The number of carbonyl (C=O) groups is 1. The fraction of sp³-hybridized carbons (Fsp3) is 0.421. The van der Waals surface area contributed by atoms with E-state index in [1.165, 1.54) is 24.5 Å². The first-order valence-electron chi connectivity index (χ1n) is 8.59. The molecule has 1 heterocycles. The maximum absolute atomic E-state index is 13.2. The van der Waals surface area contributed by atoms with Gasteiger partial charge in [0, 0.05) is 30.6 Å². The van der Waals surface area contributed by atoms with E-state index in [0.717, 1.165) is 23.3 Å². The van der Waals surface area contributed by atoms with Crippen molar-refractivity contribution in [2.45, 2.75) is 44.2 Å². The van der Waals surface area contributed by atoms with Crippen LogP contribution in [0.4, 0.5) is 0 Å². The second kappa shape index (κ2) is 7.13. The fourth-order valence-corrected chi connectivity index (χ4v) is 4.82. The molecular formula is C19H24N2O3S2. The average molecular weight is 393 g/mol. The Labute approximate surface area is 159 Å².